The molecular weight excluding hydrogens is 646 g/mol. The molecule has 0 fully saturated rings. The number of pyridine rings is 1. The Morgan fingerprint density at radius 2 is 1.57 bits per heavy atom. The highest BCUT2D eigenvalue weighted by Crippen LogP contribution is 2.26. The normalized spacial score (nSPS) is 11.1. The molecule has 12 heteroatoms. The maximum Gasteiger partial charge on any atom is 0.411 e. The Balaban J connectivity index is 1.70. The van der Waals surface area contributed by atoms with Crippen LogP contribution >= 0.6 is 0 Å². The SMILES string of the molecule is CCc1cccc(-c2cnc(C(=O)NCCCCCNCC(=O)NCCNC)c(NC(=O)CN(Cc3cccc(C)c3)C(=O)OC(C)(C)C)c2)c1. The van der Waals surface area contributed by atoms with Crippen molar-refractivity contribution in [2.75, 3.05) is 51.6 Å². The summed E-state index contributed by atoms with van der Waals surface area (Å²) in [5.74, 6) is -0.952. The fraction of sp³-hybridized carbons (Fsp3) is 0.462. The van der Waals surface area contributed by atoms with E-state index in [0.29, 0.717) is 19.6 Å². The molecular formula is C39H55N7O5. The van der Waals surface area contributed by atoms with E-state index in [-0.39, 0.29) is 36.9 Å². The van der Waals surface area contributed by atoms with Gasteiger partial charge < -0.3 is 31.3 Å². The van der Waals surface area contributed by atoms with Crippen LogP contribution in [-0.4, -0.2) is 85.6 Å². The number of rotatable bonds is 19. The van der Waals surface area contributed by atoms with E-state index >= 15 is 0 Å². The number of anilines is 1. The lowest BCUT2D eigenvalue weighted by Gasteiger charge is -2.27. The average molecular weight is 702 g/mol. The highest BCUT2D eigenvalue weighted by Gasteiger charge is 2.25. The molecule has 2 aromatic carbocycles. The molecule has 1 aromatic heterocycles. The maximum absolute atomic E-state index is 13.6. The van der Waals surface area contributed by atoms with Crippen LogP contribution in [0.3, 0.4) is 0 Å². The van der Waals surface area contributed by atoms with Gasteiger partial charge in [-0.25, -0.2) is 9.78 Å². The smallest absolute Gasteiger partial charge is 0.411 e. The lowest BCUT2D eigenvalue weighted by molar-refractivity contribution is -0.120. The van der Waals surface area contributed by atoms with Crippen molar-refractivity contribution >= 4 is 29.5 Å². The lowest BCUT2D eigenvalue weighted by atomic mass is 10.0. The molecule has 276 valence electrons. The lowest BCUT2D eigenvalue weighted by Crippen LogP contribution is -2.41. The van der Waals surface area contributed by atoms with Crippen molar-refractivity contribution in [1.82, 2.24) is 31.2 Å². The van der Waals surface area contributed by atoms with Gasteiger partial charge in [0.05, 0.1) is 12.2 Å². The first kappa shape index (κ1) is 40.6. The summed E-state index contributed by atoms with van der Waals surface area (Å²) in [5, 5.41) is 14.7. The van der Waals surface area contributed by atoms with Crippen LogP contribution in [0.4, 0.5) is 10.5 Å². The highest BCUT2D eigenvalue weighted by atomic mass is 16.6. The first-order chi connectivity index (χ1) is 24.4. The second kappa shape index (κ2) is 20.8. The number of carbonyl (C=O) groups is 4. The third kappa shape index (κ3) is 14.9. The highest BCUT2D eigenvalue weighted by molar-refractivity contribution is 6.03. The number of ether oxygens (including phenoxy) is 1. The predicted molar refractivity (Wildman–Crippen MR) is 201 cm³/mol. The molecule has 12 nitrogen and oxygen atoms in total. The van der Waals surface area contributed by atoms with E-state index in [1.54, 1.807) is 33.0 Å². The van der Waals surface area contributed by atoms with Crippen molar-refractivity contribution < 1.29 is 23.9 Å². The number of aryl methyl sites for hydroxylation is 2. The summed E-state index contributed by atoms with van der Waals surface area (Å²) in [6.07, 6.45) is 4.29. The summed E-state index contributed by atoms with van der Waals surface area (Å²) in [6.45, 7) is 11.9. The molecule has 0 aliphatic heterocycles. The van der Waals surface area contributed by atoms with Crippen LogP contribution in [0, 0.1) is 6.92 Å². The van der Waals surface area contributed by atoms with Gasteiger partial charge in [0.2, 0.25) is 11.8 Å². The molecule has 1 heterocycles. The third-order valence-corrected chi connectivity index (χ3v) is 7.79. The summed E-state index contributed by atoms with van der Waals surface area (Å²) >= 11 is 0. The number of unbranched alkanes of at least 4 members (excludes halogenated alkanes) is 2. The molecule has 0 radical (unpaired) electrons. The Morgan fingerprint density at radius 1 is 0.824 bits per heavy atom. The molecule has 0 saturated carbocycles. The number of aromatic nitrogens is 1. The molecule has 0 bridgehead atoms. The topological polar surface area (TPSA) is 154 Å². The molecule has 0 atom stereocenters. The van der Waals surface area contributed by atoms with Crippen LogP contribution < -0.4 is 26.6 Å². The number of hydrogen-bond donors (Lipinski definition) is 5. The van der Waals surface area contributed by atoms with Crippen LogP contribution in [0.25, 0.3) is 11.1 Å². The van der Waals surface area contributed by atoms with Crippen molar-refractivity contribution in [3.05, 3.63) is 83.2 Å². The minimum atomic E-state index is -0.756. The van der Waals surface area contributed by atoms with E-state index in [1.165, 1.54) is 4.90 Å². The number of benzene rings is 2. The molecule has 0 aliphatic carbocycles. The van der Waals surface area contributed by atoms with Gasteiger partial charge in [-0.3, -0.25) is 19.3 Å². The largest absolute Gasteiger partial charge is 0.444 e. The van der Waals surface area contributed by atoms with Gasteiger partial charge in [-0.05, 0) is 83.3 Å². The van der Waals surface area contributed by atoms with E-state index in [2.05, 4.69) is 44.6 Å². The summed E-state index contributed by atoms with van der Waals surface area (Å²) in [6, 6.07) is 17.5. The predicted octanol–water partition coefficient (Wildman–Crippen LogP) is 4.82. The van der Waals surface area contributed by atoms with Crippen LogP contribution in [0.2, 0.25) is 0 Å². The quantitative estimate of drug-likeness (QED) is 0.112. The molecule has 0 aliphatic rings. The van der Waals surface area contributed by atoms with Crippen LogP contribution in [0.5, 0.6) is 0 Å². The maximum atomic E-state index is 13.6. The Morgan fingerprint density at radius 3 is 2.29 bits per heavy atom. The standard InChI is InChI=1S/C39H55N7O5/c1-7-29-14-12-16-31(22-29)32-23-33(36(44-24-32)37(49)43-18-10-8-9-17-41-25-34(47)42-20-19-40-6)45-35(48)27-46(38(50)51-39(3,4)5)26-30-15-11-13-28(2)21-30/h11-16,21-24,40-41H,7-10,17-20,25-27H2,1-6H3,(H,42,47)(H,43,49)(H,45,48). The van der Waals surface area contributed by atoms with Crippen molar-refractivity contribution in [1.29, 1.82) is 0 Å². The van der Waals surface area contributed by atoms with Gasteiger partial charge in [-0.15, -0.1) is 0 Å². The van der Waals surface area contributed by atoms with E-state index in [4.69, 9.17) is 4.74 Å². The fourth-order valence-electron chi connectivity index (χ4n) is 5.20. The minimum Gasteiger partial charge on any atom is -0.444 e. The molecule has 0 unspecified atom stereocenters. The molecule has 0 spiro atoms. The zero-order valence-corrected chi connectivity index (χ0v) is 31.0. The fourth-order valence-corrected chi connectivity index (χ4v) is 5.20. The molecule has 51 heavy (non-hydrogen) atoms. The number of hydrogen-bond acceptors (Lipinski definition) is 8. The van der Waals surface area contributed by atoms with Gasteiger partial charge in [0.1, 0.15) is 12.1 Å². The molecule has 3 rings (SSSR count). The van der Waals surface area contributed by atoms with E-state index in [9.17, 15) is 19.2 Å². The molecule has 5 N–H and O–H groups in total. The van der Waals surface area contributed by atoms with E-state index in [0.717, 1.165) is 60.0 Å². The Hall–Kier alpha value is -4.81. The van der Waals surface area contributed by atoms with Crippen molar-refractivity contribution in [2.24, 2.45) is 0 Å². The van der Waals surface area contributed by atoms with E-state index in [1.807, 2.05) is 56.4 Å². The minimum absolute atomic E-state index is 0.0409. The van der Waals surface area contributed by atoms with Gasteiger partial charge in [-0.1, -0.05) is 67.4 Å². The number of carbonyl (C=O) groups excluding carboxylic acids is 4. The first-order valence-corrected chi connectivity index (χ1v) is 17.7. The monoisotopic (exact) mass is 701 g/mol. The zero-order valence-electron chi connectivity index (χ0n) is 31.0. The molecule has 0 saturated heterocycles. The number of nitrogens with one attached hydrogen (secondary N) is 5. The van der Waals surface area contributed by atoms with Gasteiger partial charge in [0, 0.05) is 37.9 Å². The number of nitrogens with zero attached hydrogens (tertiary/aromatic N) is 2. The second-order valence-electron chi connectivity index (χ2n) is 13.5. The summed E-state index contributed by atoms with van der Waals surface area (Å²) in [5.41, 5.74) is 4.24. The molecule has 3 aromatic rings. The third-order valence-electron chi connectivity index (χ3n) is 7.79. The van der Waals surface area contributed by atoms with Crippen molar-refractivity contribution in [2.45, 2.75) is 72.4 Å². The van der Waals surface area contributed by atoms with Crippen LogP contribution in [-0.2, 0) is 27.3 Å². The Bertz CT molecular complexity index is 1600. The average Bonchev–Trinajstić information content (AvgIpc) is 3.08. The van der Waals surface area contributed by atoms with Gasteiger partial charge in [0.25, 0.3) is 5.91 Å². The zero-order chi connectivity index (χ0) is 37.2. The second-order valence-corrected chi connectivity index (χ2v) is 13.5. The van der Waals surface area contributed by atoms with Gasteiger partial charge in [0.15, 0.2) is 5.69 Å². The van der Waals surface area contributed by atoms with Crippen LogP contribution in [0.15, 0.2) is 60.8 Å². The summed E-state index contributed by atoms with van der Waals surface area (Å²) in [4.78, 5) is 57.9. The van der Waals surface area contributed by atoms with Crippen LogP contribution in [0.1, 0.15) is 74.1 Å². The van der Waals surface area contributed by atoms with E-state index < -0.39 is 23.5 Å². The molecule has 4 amide bonds. The summed E-state index contributed by atoms with van der Waals surface area (Å²) < 4.78 is 5.63. The van der Waals surface area contributed by atoms with Gasteiger partial charge in [-0.2, -0.15) is 0 Å². The van der Waals surface area contributed by atoms with Crippen molar-refractivity contribution in [3.63, 3.8) is 0 Å². The van der Waals surface area contributed by atoms with Crippen molar-refractivity contribution in [3.8, 4) is 11.1 Å². The Kier molecular flexibility index (Phi) is 16.5. The Labute approximate surface area is 302 Å². The number of likely N-dealkylation sites (N-methyl/N-ethyl adjacent to an activating group) is 1. The van der Waals surface area contributed by atoms with Gasteiger partial charge >= 0.3 is 6.09 Å². The summed E-state index contributed by atoms with van der Waals surface area (Å²) in [7, 11) is 1.83. The first-order valence-electron chi connectivity index (χ1n) is 17.7. The number of amides is 4.